The van der Waals surface area contributed by atoms with Crippen molar-refractivity contribution in [2.75, 3.05) is 5.32 Å². The second kappa shape index (κ2) is 6.41. The molecule has 0 atom stereocenters. The lowest BCUT2D eigenvalue weighted by Crippen LogP contribution is -2.45. The molecular formula is C17H21BrN2O2. The third-order valence-electron chi connectivity index (χ3n) is 4.68. The SMILES string of the molecule is O=C(Nc1ccccc1Br)C1(C(=O)NC2CCCCC2)CC1. The minimum absolute atomic E-state index is 0.0936. The van der Waals surface area contributed by atoms with Crippen molar-refractivity contribution in [1.29, 1.82) is 0 Å². The van der Waals surface area contributed by atoms with Gasteiger partial charge in [-0.3, -0.25) is 9.59 Å². The number of hydrogen-bond acceptors (Lipinski definition) is 2. The molecule has 1 aromatic carbocycles. The summed E-state index contributed by atoms with van der Waals surface area (Å²) in [6, 6.07) is 7.70. The second-order valence-electron chi connectivity index (χ2n) is 6.32. The molecule has 1 aromatic rings. The van der Waals surface area contributed by atoms with Gasteiger partial charge in [-0.25, -0.2) is 0 Å². The summed E-state index contributed by atoms with van der Waals surface area (Å²) in [5.41, 5.74) is -0.142. The van der Waals surface area contributed by atoms with Gasteiger partial charge in [-0.2, -0.15) is 0 Å². The van der Waals surface area contributed by atoms with E-state index in [1.165, 1.54) is 19.3 Å². The standard InChI is InChI=1S/C17H21BrN2O2/c18-13-8-4-5-9-14(13)20-16(22)17(10-11-17)15(21)19-12-6-2-1-3-7-12/h4-5,8-9,12H,1-3,6-7,10-11H2,(H,19,21)(H,20,22). The maximum atomic E-state index is 12.5. The number of carbonyl (C=O) groups is 2. The Hall–Kier alpha value is -1.36. The molecular weight excluding hydrogens is 344 g/mol. The fourth-order valence-electron chi connectivity index (χ4n) is 3.06. The van der Waals surface area contributed by atoms with Crippen LogP contribution in [-0.2, 0) is 9.59 Å². The molecule has 2 saturated carbocycles. The number of rotatable bonds is 4. The number of para-hydroxylation sites is 1. The predicted octanol–water partition coefficient (Wildman–Crippen LogP) is 3.62. The van der Waals surface area contributed by atoms with Crippen molar-refractivity contribution in [2.24, 2.45) is 5.41 Å². The Kier molecular flexibility index (Phi) is 4.52. The Balaban J connectivity index is 1.63. The van der Waals surface area contributed by atoms with Crippen LogP contribution in [0.25, 0.3) is 0 Å². The van der Waals surface area contributed by atoms with E-state index in [2.05, 4.69) is 26.6 Å². The molecule has 0 aromatic heterocycles. The first-order chi connectivity index (χ1) is 10.6. The van der Waals surface area contributed by atoms with Crippen LogP contribution in [0.3, 0.4) is 0 Å². The molecule has 0 heterocycles. The number of halogens is 1. The lowest BCUT2D eigenvalue weighted by Gasteiger charge is -2.25. The number of carbonyl (C=O) groups excluding carboxylic acids is 2. The van der Waals surface area contributed by atoms with Gasteiger partial charge in [0.2, 0.25) is 11.8 Å². The van der Waals surface area contributed by atoms with E-state index < -0.39 is 5.41 Å². The summed E-state index contributed by atoms with van der Waals surface area (Å²) in [6.45, 7) is 0. The smallest absolute Gasteiger partial charge is 0.240 e. The largest absolute Gasteiger partial charge is 0.352 e. The van der Waals surface area contributed by atoms with Gasteiger partial charge < -0.3 is 10.6 Å². The van der Waals surface area contributed by atoms with E-state index in [-0.39, 0.29) is 17.9 Å². The van der Waals surface area contributed by atoms with E-state index in [0.29, 0.717) is 18.5 Å². The van der Waals surface area contributed by atoms with Crippen LogP contribution in [0.2, 0.25) is 0 Å². The van der Waals surface area contributed by atoms with Gasteiger partial charge in [0.05, 0.1) is 5.69 Å². The summed E-state index contributed by atoms with van der Waals surface area (Å²) in [6.07, 6.45) is 6.94. The molecule has 0 radical (unpaired) electrons. The van der Waals surface area contributed by atoms with Gasteiger partial charge in [-0.15, -0.1) is 0 Å². The number of hydrogen-bond donors (Lipinski definition) is 2. The average molecular weight is 365 g/mol. The number of benzene rings is 1. The van der Waals surface area contributed by atoms with Crippen molar-refractivity contribution in [2.45, 2.75) is 51.0 Å². The lowest BCUT2D eigenvalue weighted by atomic mass is 9.94. The monoisotopic (exact) mass is 364 g/mol. The van der Waals surface area contributed by atoms with Crippen LogP contribution in [0.4, 0.5) is 5.69 Å². The molecule has 2 amide bonds. The Labute approximate surface area is 139 Å². The average Bonchev–Trinajstić information content (AvgIpc) is 3.32. The topological polar surface area (TPSA) is 58.2 Å². The first-order valence-electron chi connectivity index (χ1n) is 7.99. The zero-order chi connectivity index (χ0) is 15.6. The Bertz CT molecular complexity index is 578. The Morgan fingerprint density at radius 3 is 2.36 bits per heavy atom. The van der Waals surface area contributed by atoms with E-state index in [1.54, 1.807) is 0 Å². The zero-order valence-corrected chi connectivity index (χ0v) is 14.1. The summed E-state index contributed by atoms with van der Waals surface area (Å²) in [4.78, 5) is 25.1. The summed E-state index contributed by atoms with van der Waals surface area (Å²) >= 11 is 3.41. The van der Waals surface area contributed by atoms with Gasteiger partial charge in [0.25, 0.3) is 0 Å². The van der Waals surface area contributed by atoms with Crippen molar-refractivity contribution in [1.82, 2.24) is 5.32 Å². The van der Waals surface area contributed by atoms with Gasteiger partial charge in [-0.05, 0) is 53.7 Å². The van der Waals surface area contributed by atoms with E-state index >= 15 is 0 Å². The van der Waals surface area contributed by atoms with Crippen LogP contribution in [-0.4, -0.2) is 17.9 Å². The molecule has 0 saturated heterocycles. The molecule has 2 aliphatic rings. The Morgan fingerprint density at radius 1 is 1.05 bits per heavy atom. The van der Waals surface area contributed by atoms with Crippen LogP contribution < -0.4 is 10.6 Å². The van der Waals surface area contributed by atoms with Crippen molar-refractivity contribution < 1.29 is 9.59 Å². The van der Waals surface area contributed by atoms with Gasteiger partial charge in [0, 0.05) is 10.5 Å². The summed E-state index contributed by atoms with van der Waals surface area (Å²) < 4.78 is 0.826. The van der Waals surface area contributed by atoms with E-state index in [9.17, 15) is 9.59 Å². The fraction of sp³-hybridized carbons (Fsp3) is 0.529. The maximum absolute atomic E-state index is 12.5. The minimum Gasteiger partial charge on any atom is -0.352 e. The lowest BCUT2D eigenvalue weighted by molar-refractivity contribution is -0.135. The summed E-state index contributed by atoms with van der Waals surface area (Å²) in [5.74, 6) is -0.281. The highest BCUT2D eigenvalue weighted by Gasteiger charge is 2.56. The molecule has 2 aliphatic carbocycles. The zero-order valence-electron chi connectivity index (χ0n) is 12.5. The highest BCUT2D eigenvalue weighted by atomic mass is 79.9. The van der Waals surface area contributed by atoms with Crippen LogP contribution in [0.5, 0.6) is 0 Å². The fourth-order valence-corrected chi connectivity index (χ4v) is 3.44. The molecule has 118 valence electrons. The molecule has 4 nitrogen and oxygen atoms in total. The van der Waals surface area contributed by atoms with Crippen molar-refractivity contribution in [3.63, 3.8) is 0 Å². The maximum Gasteiger partial charge on any atom is 0.240 e. The molecule has 5 heteroatoms. The number of amides is 2. The number of anilines is 1. The second-order valence-corrected chi connectivity index (χ2v) is 7.18. The quantitative estimate of drug-likeness (QED) is 0.801. The molecule has 22 heavy (non-hydrogen) atoms. The molecule has 2 N–H and O–H groups in total. The van der Waals surface area contributed by atoms with Crippen molar-refractivity contribution in [3.8, 4) is 0 Å². The summed E-state index contributed by atoms with van der Waals surface area (Å²) in [5, 5.41) is 5.98. The van der Waals surface area contributed by atoms with Crippen LogP contribution in [0, 0.1) is 5.41 Å². The molecule has 0 spiro atoms. The van der Waals surface area contributed by atoms with E-state index in [4.69, 9.17) is 0 Å². The van der Waals surface area contributed by atoms with Gasteiger partial charge in [0.15, 0.2) is 0 Å². The molecule has 0 unspecified atom stereocenters. The predicted molar refractivity (Wildman–Crippen MR) is 89.5 cm³/mol. The van der Waals surface area contributed by atoms with Crippen LogP contribution in [0.15, 0.2) is 28.7 Å². The third kappa shape index (κ3) is 3.19. The van der Waals surface area contributed by atoms with Gasteiger partial charge >= 0.3 is 0 Å². The molecule has 0 bridgehead atoms. The number of nitrogens with one attached hydrogen (secondary N) is 2. The summed E-state index contributed by atoms with van der Waals surface area (Å²) in [7, 11) is 0. The molecule has 3 rings (SSSR count). The van der Waals surface area contributed by atoms with E-state index in [0.717, 1.165) is 17.3 Å². The van der Waals surface area contributed by atoms with Crippen molar-refractivity contribution >= 4 is 33.4 Å². The molecule has 0 aliphatic heterocycles. The van der Waals surface area contributed by atoms with Gasteiger partial charge in [0.1, 0.15) is 5.41 Å². The highest BCUT2D eigenvalue weighted by molar-refractivity contribution is 9.10. The van der Waals surface area contributed by atoms with Gasteiger partial charge in [-0.1, -0.05) is 31.4 Å². The third-order valence-corrected chi connectivity index (χ3v) is 5.37. The first kappa shape index (κ1) is 15.5. The van der Waals surface area contributed by atoms with Crippen LogP contribution in [0.1, 0.15) is 44.9 Å². The van der Waals surface area contributed by atoms with Crippen molar-refractivity contribution in [3.05, 3.63) is 28.7 Å². The highest BCUT2D eigenvalue weighted by Crippen LogP contribution is 2.47. The normalized spacial score (nSPS) is 20.2. The van der Waals surface area contributed by atoms with Crippen LogP contribution >= 0.6 is 15.9 Å². The van der Waals surface area contributed by atoms with E-state index in [1.807, 2.05) is 24.3 Å². The first-order valence-corrected chi connectivity index (χ1v) is 8.78. The molecule has 2 fully saturated rings. The Morgan fingerprint density at radius 2 is 1.73 bits per heavy atom. The minimum atomic E-state index is -0.854.